The molecule has 0 nitrogen and oxygen atoms in total. The van der Waals surface area contributed by atoms with Gasteiger partial charge in [-0.05, 0) is 0 Å². The molecule has 62 valence electrons. The Morgan fingerprint density at radius 3 is 1.92 bits per heavy atom. The third-order valence-electron chi connectivity index (χ3n) is 1.32. The predicted octanol–water partition coefficient (Wildman–Crippen LogP) is 2.05. The van der Waals surface area contributed by atoms with Gasteiger partial charge >= 0.3 is 79.0 Å². The van der Waals surface area contributed by atoms with Crippen LogP contribution in [0.2, 0.25) is 0 Å². The molecule has 0 bridgehead atoms. The van der Waals surface area contributed by atoms with E-state index in [0.29, 0.717) is 3.07 Å². The molecular formula is C7H4F4Hg. The van der Waals surface area contributed by atoms with Crippen molar-refractivity contribution >= 4 is 3.07 Å². The van der Waals surface area contributed by atoms with Gasteiger partial charge in [0.2, 0.25) is 0 Å². The first-order valence-corrected chi connectivity index (χ1v) is 8.78. The summed E-state index contributed by atoms with van der Waals surface area (Å²) in [5.74, 6) is -0.491. The van der Waals surface area contributed by atoms with Gasteiger partial charge in [0.05, 0.1) is 0 Å². The van der Waals surface area contributed by atoms with Gasteiger partial charge in [0.15, 0.2) is 0 Å². The van der Waals surface area contributed by atoms with Gasteiger partial charge < -0.3 is 0 Å². The molecule has 1 rings (SSSR count). The maximum atomic E-state index is 12.3. The first kappa shape index (κ1) is 9.96. The van der Waals surface area contributed by atoms with E-state index in [2.05, 4.69) is 0 Å². The van der Waals surface area contributed by atoms with Crippen molar-refractivity contribution in [3.05, 3.63) is 30.1 Å². The average molecular weight is 365 g/mol. The van der Waals surface area contributed by atoms with Crippen molar-refractivity contribution in [1.29, 1.82) is 0 Å². The third-order valence-corrected chi connectivity index (χ3v) is 6.30. The van der Waals surface area contributed by atoms with E-state index in [1.807, 2.05) is 0 Å². The summed E-state index contributed by atoms with van der Waals surface area (Å²) in [5, 5.41) is 0. The average Bonchev–Trinajstić information content (AvgIpc) is 1.91. The number of hydrogen-bond donors (Lipinski definition) is 0. The van der Waals surface area contributed by atoms with Crippen LogP contribution < -0.4 is 3.07 Å². The minimum absolute atomic E-state index is 0.295. The molecule has 0 heterocycles. The van der Waals surface area contributed by atoms with Crippen molar-refractivity contribution in [3.63, 3.8) is 0 Å². The normalized spacial score (nSPS) is 11.0. The Bertz CT molecular complexity index is 251. The van der Waals surface area contributed by atoms with E-state index in [4.69, 9.17) is 0 Å². The van der Waals surface area contributed by atoms with Crippen molar-refractivity contribution < 1.29 is 42.1 Å². The summed E-state index contributed by atoms with van der Waals surface area (Å²) in [7, 11) is 0. The SMILES string of the molecule is Fc1cc[c]([Hg][C](F)(F)F)cc1. The Kier molecular flexibility index (Phi) is 3.09. The van der Waals surface area contributed by atoms with Crippen LogP contribution in [-0.4, -0.2) is 3.69 Å². The first-order valence-electron chi connectivity index (χ1n) is 3.28. The molecule has 0 spiro atoms. The standard InChI is InChI=1S/C6H4F.CF3.Hg/c7-6-4-2-1-3-5-6;2-1(3)4;/h2-5H;;. The summed E-state index contributed by atoms with van der Waals surface area (Å²) in [6.07, 6.45) is 0. The second-order valence-corrected chi connectivity index (χ2v) is 10.1. The molecule has 5 heteroatoms. The van der Waals surface area contributed by atoms with Crippen molar-refractivity contribution in [3.8, 4) is 0 Å². The number of benzene rings is 1. The fourth-order valence-corrected chi connectivity index (χ4v) is 4.47. The van der Waals surface area contributed by atoms with Gasteiger partial charge in [-0.25, -0.2) is 0 Å². The van der Waals surface area contributed by atoms with E-state index in [1.165, 1.54) is 12.1 Å². The van der Waals surface area contributed by atoms with E-state index >= 15 is 0 Å². The summed E-state index contributed by atoms with van der Waals surface area (Å²) in [4.78, 5) is 0. The van der Waals surface area contributed by atoms with Crippen LogP contribution in [0.3, 0.4) is 0 Å². The zero-order valence-corrected chi connectivity index (χ0v) is 11.5. The molecule has 0 N–H and O–H groups in total. The Hall–Kier alpha value is -0.125. The molecule has 0 saturated carbocycles. The van der Waals surface area contributed by atoms with Crippen molar-refractivity contribution in [2.45, 2.75) is 3.69 Å². The molecule has 0 aliphatic heterocycles. The van der Waals surface area contributed by atoms with Crippen LogP contribution in [0, 0.1) is 5.82 Å². The third kappa shape index (κ3) is 3.52. The molecule has 0 fully saturated rings. The van der Waals surface area contributed by atoms with Crippen LogP contribution >= 0.6 is 0 Å². The summed E-state index contributed by atoms with van der Waals surface area (Å²) >= 11 is -3.01. The van der Waals surface area contributed by atoms with E-state index in [-0.39, 0.29) is 0 Å². The molecule has 0 amide bonds. The van der Waals surface area contributed by atoms with Crippen molar-refractivity contribution in [1.82, 2.24) is 0 Å². The van der Waals surface area contributed by atoms with Crippen LogP contribution in [0.5, 0.6) is 0 Å². The monoisotopic (exact) mass is 366 g/mol. The van der Waals surface area contributed by atoms with Crippen LogP contribution in [0.25, 0.3) is 0 Å². The Balaban J connectivity index is 2.71. The molecule has 1 aromatic rings. The van der Waals surface area contributed by atoms with Gasteiger partial charge in [-0.1, -0.05) is 0 Å². The van der Waals surface area contributed by atoms with E-state index in [0.717, 1.165) is 12.1 Å². The minimum atomic E-state index is -4.00. The number of halogens is 4. The Morgan fingerprint density at radius 1 is 1.00 bits per heavy atom. The molecule has 0 aliphatic rings. The Labute approximate surface area is 79.0 Å². The van der Waals surface area contributed by atoms with Crippen LogP contribution in [-0.2, 0) is 24.6 Å². The van der Waals surface area contributed by atoms with Crippen molar-refractivity contribution in [2.24, 2.45) is 0 Å². The molecule has 0 aliphatic carbocycles. The summed E-state index contributed by atoms with van der Waals surface area (Å²) in [6, 6.07) is 4.59. The molecule has 0 saturated heterocycles. The summed E-state index contributed by atoms with van der Waals surface area (Å²) in [6.45, 7) is 0. The fourth-order valence-electron chi connectivity index (χ4n) is 0.834. The topological polar surface area (TPSA) is 0 Å². The second kappa shape index (κ2) is 3.72. The molecule has 0 atom stereocenters. The molecule has 0 unspecified atom stereocenters. The number of rotatable bonds is 1. The molecule has 0 radical (unpaired) electrons. The maximum absolute atomic E-state index is 12.3. The van der Waals surface area contributed by atoms with Gasteiger partial charge in [-0.2, -0.15) is 0 Å². The van der Waals surface area contributed by atoms with Crippen LogP contribution in [0.4, 0.5) is 17.6 Å². The van der Waals surface area contributed by atoms with E-state index in [9.17, 15) is 17.6 Å². The van der Waals surface area contributed by atoms with Gasteiger partial charge in [-0.15, -0.1) is 0 Å². The fraction of sp³-hybridized carbons (Fsp3) is 0.143. The molecular weight excluding hydrogens is 361 g/mol. The van der Waals surface area contributed by atoms with Gasteiger partial charge in [0.25, 0.3) is 0 Å². The van der Waals surface area contributed by atoms with Gasteiger partial charge in [0, 0.05) is 0 Å². The van der Waals surface area contributed by atoms with E-state index < -0.39 is 34.1 Å². The zero-order chi connectivity index (χ0) is 9.19. The summed E-state index contributed by atoms with van der Waals surface area (Å²) in [5.41, 5.74) is 0. The van der Waals surface area contributed by atoms with Crippen LogP contribution in [0.15, 0.2) is 24.3 Å². The number of alkyl halides is 3. The Morgan fingerprint density at radius 2 is 1.50 bits per heavy atom. The number of hydrogen-bond acceptors (Lipinski definition) is 0. The first-order chi connectivity index (χ1) is 5.47. The summed E-state index contributed by atoms with van der Waals surface area (Å²) < 4.78 is 44.1. The molecule has 1 aromatic carbocycles. The van der Waals surface area contributed by atoms with Crippen molar-refractivity contribution in [2.75, 3.05) is 0 Å². The van der Waals surface area contributed by atoms with Gasteiger partial charge in [0.1, 0.15) is 0 Å². The molecule has 0 aromatic heterocycles. The van der Waals surface area contributed by atoms with Gasteiger partial charge in [-0.3, -0.25) is 0 Å². The van der Waals surface area contributed by atoms with E-state index in [1.54, 1.807) is 0 Å². The second-order valence-electron chi connectivity index (χ2n) is 2.42. The van der Waals surface area contributed by atoms with Crippen LogP contribution in [0.1, 0.15) is 0 Å². The predicted molar refractivity (Wildman–Crippen MR) is 32.1 cm³/mol. The quantitative estimate of drug-likeness (QED) is 0.528. The zero-order valence-electron chi connectivity index (χ0n) is 6.03. The molecule has 12 heavy (non-hydrogen) atoms.